The van der Waals surface area contributed by atoms with Gasteiger partial charge in [0.2, 0.25) is 0 Å². The molecule has 0 saturated heterocycles. The van der Waals surface area contributed by atoms with Crippen LogP contribution in [0, 0.1) is 0 Å². The molecule has 94 valence electrons. The van der Waals surface area contributed by atoms with Crippen LogP contribution in [0.25, 0.3) is 11.1 Å². The molecular weight excluding hydrogens is 222 g/mol. The van der Waals surface area contributed by atoms with Crippen molar-refractivity contribution in [2.75, 3.05) is 5.73 Å². The molecule has 0 fully saturated rings. The zero-order chi connectivity index (χ0) is 13.0. The summed E-state index contributed by atoms with van der Waals surface area (Å²) in [5.41, 5.74) is 8.81. The molecule has 2 rings (SSSR count). The monoisotopic (exact) mass is 241 g/mol. The standard InChI is InChI=1S/C16H19NO/c1-3-12(2)18-16-10-6-14(7-11-16)13-4-8-15(17)9-5-13/h4-12H,3,17H2,1-2H3. The quantitative estimate of drug-likeness (QED) is 0.817. The Labute approximate surface area is 108 Å². The van der Waals surface area contributed by atoms with Gasteiger partial charge in [0.15, 0.2) is 0 Å². The molecule has 18 heavy (non-hydrogen) atoms. The Kier molecular flexibility index (Phi) is 3.88. The normalized spacial score (nSPS) is 12.1. The van der Waals surface area contributed by atoms with Crippen molar-refractivity contribution in [1.82, 2.24) is 0 Å². The van der Waals surface area contributed by atoms with Crippen LogP contribution in [0.5, 0.6) is 5.75 Å². The fraction of sp³-hybridized carbons (Fsp3) is 0.250. The first-order valence-corrected chi connectivity index (χ1v) is 6.31. The van der Waals surface area contributed by atoms with Gasteiger partial charge in [-0.3, -0.25) is 0 Å². The minimum Gasteiger partial charge on any atom is -0.491 e. The van der Waals surface area contributed by atoms with E-state index < -0.39 is 0 Å². The first-order chi connectivity index (χ1) is 8.69. The summed E-state index contributed by atoms with van der Waals surface area (Å²) in [5.74, 6) is 0.920. The average Bonchev–Trinajstić information content (AvgIpc) is 2.40. The molecule has 0 bridgehead atoms. The maximum absolute atomic E-state index is 5.75. The fourth-order valence-electron chi connectivity index (χ4n) is 1.72. The summed E-state index contributed by atoms with van der Waals surface area (Å²) in [6.45, 7) is 4.20. The largest absolute Gasteiger partial charge is 0.491 e. The number of hydrogen-bond acceptors (Lipinski definition) is 2. The number of nitrogens with two attached hydrogens (primary N) is 1. The lowest BCUT2D eigenvalue weighted by Gasteiger charge is -2.12. The van der Waals surface area contributed by atoms with Gasteiger partial charge in [-0.25, -0.2) is 0 Å². The second-order valence-electron chi connectivity index (χ2n) is 4.48. The highest BCUT2D eigenvalue weighted by atomic mass is 16.5. The van der Waals surface area contributed by atoms with E-state index in [-0.39, 0.29) is 6.10 Å². The molecular formula is C16H19NO. The molecule has 1 atom stereocenters. The molecule has 0 aliphatic carbocycles. The molecule has 2 aromatic rings. The minimum absolute atomic E-state index is 0.257. The first kappa shape index (κ1) is 12.5. The van der Waals surface area contributed by atoms with Crippen molar-refractivity contribution in [3.63, 3.8) is 0 Å². The van der Waals surface area contributed by atoms with Crippen molar-refractivity contribution in [3.05, 3.63) is 48.5 Å². The molecule has 0 aliphatic rings. The molecule has 0 aliphatic heterocycles. The van der Waals surface area contributed by atoms with Crippen LogP contribution in [-0.2, 0) is 0 Å². The molecule has 0 radical (unpaired) electrons. The van der Waals surface area contributed by atoms with E-state index >= 15 is 0 Å². The Bertz CT molecular complexity index is 488. The Hall–Kier alpha value is -1.96. The maximum atomic E-state index is 5.75. The average molecular weight is 241 g/mol. The van der Waals surface area contributed by atoms with E-state index in [1.54, 1.807) is 0 Å². The van der Waals surface area contributed by atoms with Crippen LogP contribution in [0.4, 0.5) is 5.69 Å². The number of hydrogen-bond donors (Lipinski definition) is 1. The van der Waals surface area contributed by atoms with E-state index in [0.29, 0.717) is 0 Å². The maximum Gasteiger partial charge on any atom is 0.119 e. The van der Waals surface area contributed by atoms with Crippen LogP contribution in [0.3, 0.4) is 0 Å². The van der Waals surface area contributed by atoms with E-state index in [2.05, 4.69) is 26.0 Å². The van der Waals surface area contributed by atoms with Crippen molar-refractivity contribution in [3.8, 4) is 16.9 Å². The van der Waals surface area contributed by atoms with Crippen LogP contribution in [0.2, 0.25) is 0 Å². The SMILES string of the molecule is CCC(C)Oc1ccc(-c2ccc(N)cc2)cc1. The zero-order valence-electron chi connectivity index (χ0n) is 10.9. The lowest BCUT2D eigenvalue weighted by atomic mass is 10.1. The molecule has 2 nitrogen and oxygen atoms in total. The van der Waals surface area contributed by atoms with Gasteiger partial charge in [0.1, 0.15) is 5.75 Å². The Morgan fingerprint density at radius 2 is 1.44 bits per heavy atom. The predicted molar refractivity (Wildman–Crippen MR) is 76.7 cm³/mol. The van der Waals surface area contributed by atoms with Gasteiger partial charge in [-0.05, 0) is 48.7 Å². The Morgan fingerprint density at radius 3 is 1.94 bits per heavy atom. The smallest absolute Gasteiger partial charge is 0.119 e. The highest BCUT2D eigenvalue weighted by molar-refractivity contribution is 5.66. The summed E-state index contributed by atoms with van der Waals surface area (Å²) in [4.78, 5) is 0. The summed E-state index contributed by atoms with van der Waals surface area (Å²) >= 11 is 0. The van der Waals surface area contributed by atoms with Gasteiger partial charge in [-0.2, -0.15) is 0 Å². The molecule has 0 spiro atoms. The topological polar surface area (TPSA) is 35.2 Å². The van der Waals surface area contributed by atoms with E-state index in [9.17, 15) is 0 Å². The van der Waals surface area contributed by atoms with Crippen molar-refractivity contribution >= 4 is 5.69 Å². The van der Waals surface area contributed by atoms with Crippen molar-refractivity contribution < 1.29 is 4.74 Å². The third-order valence-electron chi connectivity index (χ3n) is 3.01. The molecule has 2 heteroatoms. The second-order valence-corrected chi connectivity index (χ2v) is 4.48. The van der Waals surface area contributed by atoms with E-state index in [4.69, 9.17) is 10.5 Å². The summed E-state index contributed by atoms with van der Waals surface area (Å²) in [6.07, 6.45) is 1.27. The van der Waals surface area contributed by atoms with E-state index in [1.807, 2.05) is 36.4 Å². The van der Waals surface area contributed by atoms with Crippen molar-refractivity contribution in [2.24, 2.45) is 0 Å². The number of nitrogen functional groups attached to an aromatic ring is 1. The van der Waals surface area contributed by atoms with Crippen LogP contribution >= 0.6 is 0 Å². The third kappa shape index (κ3) is 3.04. The lowest BCUT2D eigenvalue weighted by molar-refractivity contribution is 0.217. The van der Waals surface area contributed by atoms with Crippen LogP contribution < -0.4 is 10.5 Å². The third-order valence-corrected chi connectivity index (χ3v) is 3.01. The van der Waals surface area contributed by atoms with Gasteiger partial charge in [0.25, 0.3) is 0 Å². The number of benzene rings is 2. The molecule has 0 aromatic heterocycles. The summed E-state index contributed by atoms with van der Waals surface area (Å²) in [6, 6.07) is 16.1. The van der Waals surface area contributed by atoms with Gasteiger partial charge in [0.05, 0.1) is 6.10 Å². The summed E-state index contributed by atoms with van der Waals surface area (Å²) in [7, 11) is 0. The molecule has 1 unspecified atom stereocenters. The molecule has 0 saturated carbocycles. The number of rotatable bonds is 4. The lowest BCUT2D eigenvalue weighted by Crippen LogP contribution is -2.09. The Balaban J connectivity index is 2.14. The van der Waals surface area contributed by atoms with Gasteiger partial charge in [-0.15, -0.1) is 0 Å². The van der Waals surface area contributed by atoms with Crippen molar-refractivity contribution in [1.29, 1.82) is 0 Å². The molecule has 2 aromatic carbocycles. The van der Waals surface area contributed by atoms with Crippen molar-refractivity contribution in [2.45, 2.75) is 26.4 Å². The molecule has 0 heterocycles. The number of ether oxygens (including phenoxy) is 1. The fourth-order valence-corrected chi connectivity index (χ4v) is 1.72. The minimum atomic E-state index is 0.257. The molecule has 2 N–H and O–H groups in total. The molecule has 0 amide bonds. The highest BCUT2D eigenvalue weighted by Gasteiger charge is 2.02. The predicted octanol–water partition coefficient (Wildman–Crippen LogP) is 4.11. The second kappa shape index (κ2) is 5.58. The van der Waals surface area contributed by atoms with Crippen LogP contribution in [0.15, 0.2) is 48.5 Å². The highest BCUT2D eigenvalue weighted by Crippen LogP contribution is 2.23. The van der Waals surface area contributed by atoms with Crippen LogP contribution in [0.1, 0.15) is 20.3 Å². The Morgan fingerprint density at radius 1 is 0.944 bits per heavy atom. The summed E-state index contributed by atoms with van der Waals surface area (Å²) in [5, 5.41) is 0. The van der Waals surface area contributed by atoms with Gasteiger partial charge < -0.3 is 10.5 Å². The van der Waals surface area contributed by atoms with Crippen LogP contribution in [-0.4, -0.2) is 6.10 Å². The van der Waals surface area contributed by atoms with Gasteiger partial charge in [-0.1, -0.05) is 31.2 Å². The van der Waals surface area contributed by atoms with Gasteiger partial charge >= 0.3 is 0 Å². The summed E-state index contributed by atoms with van der Waals surface area (Å²) < 4.78 is 5.75. The first-order valence-electron chi connectivity index (χ1n) is 6.31. The van der Waals surface area contributed by atoms with Gasteiger partial charge in [0, 0.05) is 5.69 Å². The van der Waals surface area contributed by atoms with E-state index in [0.717, 1.165) is 17.9 Å². The zero-order valence-corrected chi connectivity index (χ0v) is 10.9. The van der Waals surface area contributed by atoms with E-state index in [1.165, 1.54) is 11.1 Å². The number of anilines is 1.